The van der Waals surface area contributed by atoms with Crippen LogP contribution >= 0.6 is 0 Å². The van der Waals surface area contributed by atoms with E-state index in [1.165, 1.54) is 0 Å². The van der Waals surface area contributed by atoms with Gasteiger partial charge in [-0.1, -0.05) is 42.5 Å². The van der Waals surface area contributed by atoms with Gasteiger partial charge < -0.3 is 15.2 Å². The second-order valence-electron chi connectivity index (χ2n) is 5.55. The number of aliphatic carboxylic acids is 1. The fourth-order valence-corrected chi connectivity index (χ4v) is 2.44. The molecule has 0 aromatic heterocycles. The normalized spacial score (nSPS) is 11.5. The monoisotopic (exact) mass is 327 g/mol. The molecule has 24 heavy (non-hydrogen) atoms. The van der Waals surface area contributed by atoms with Crippen molar-refractivity contribution in [2.45, 2.75) is 19.4 Å². The van der Waals surface area contributed by atoms with Crippen molar-refractivity contribution in [3.05, 3.63) is 65.7 Å². The molecule has 2 N–H and O–H groups in total. The van der Waals surface area contributed by atoms with Crippen LogP contribution in [-0.2, 0) is 22.6 Å². The molecule has 0 bridgehead atoms. The number of hydrogen-bond acceptors (Lipinski definition) is 3. The molecule has 0 aliphatic carbocycles. The van der Waals surface area contributed by atoms with E-state index in [2.05, 4.69) is 5.32 Å². The predicted octanol–water partition coefficient (Wildman–Crippen LogP) is 2.65. The van der Waals surface area contributed by atoms with Gasteiger partial charge in [-0.2, -0.15) is 0 Å². The van der Waals surface area contributed by atoms with Gasteiger partial charge in [-0.25, -0.2) is 0 Å². The Morgan fingerprint density at radius 3 is 2.29 bits per heavy atom. The molecule has 5 heteroatoms. The molecule has 0 saturated carbocycles. The third-order valence-corrected chi connectivity index (χ3v) is 3.74. The van der Waals surface area contributed by atoms with Gasteiger partial charge in [0.2, 0.25) is 5.91 Å². The summed E-state index contributed by atoms with van der Waals surface area (Å²) >= 11 is 0. The zero-order valence-electron chi connectivity index (χ0n) is 13.6. The Labute approximate surface area is 141 Å². The number of carboxylic acids is 1. The van der Waals surface area contributed by atoms with E-state index in [4.69, 9.17) is 9.84 Å². The fourth-order valence-electron chi connectivity index (χ4n) is 2.44. The highest BCUT2D eigenvalue weighted by molar-refractivity contribution is 5.83. The van der Waals surface area contributed by atoms with Crippen molar-refractivity contribution < 1.29 is 19.4 Å². The molecule has 1 atom stereocenters. The van der Waals surface area contributed by atoms with Gasteiger partial charge in [-0.15, -0.1) is 0 Å². The number of amides is 1. The van der Waals surface area contributed by atoms with Crippen LogP contribution in [0.3, 0.4) is 0 Å². The lowest BCUT2D eigenvalue weighted by Crippen LogP contribution is -2.33. The summed E-state index contributed by atoms with van der Waals surface area (Å²) in [5.74, 6) is -1.12. The van der Waals surface area contributed by atoms with Gasteiger partial charge in [-0.3, -0.25) is 9.59 Å². The first kappa shape index (κ1) is 17.5. The number of rotatable bonds is 8. The zero-order valence-corrected chi connectivity index (χ0v) is 13.6. The first-order valence-electron chi connectivity index (χ1n) is 7.75. The lowest BCUT2D eigenvalue weighted by Gasteiger charge is -2.15. The minimum atomic E-state index is -0.983. The molecule has 0 aliphatic heterocycles. The van der Waals surface area contributed by atoms with E-state index in [1.807, 2.05) is 42.5 Å². The van der Waals surface area contributed by atoms with Crippen LogP contribution in [0.1, 0.15) is 17.5 Å². The van der Waals surface area contributed by atoms with Gasteiger partial charge in [-0.05, 0) is 29.7 Å². The quantitative estimate of drug-likeness (QED) is 0.781. The molecule has 0 heterocycles. The van der Waals surface area contributed by atoms with Crippen molar-refractivity contribution in [2.75, 3.05) is 7.11 Å². The summed E-state index contributed by atoms with van der Waals surface area (Å²) in [7, 11) is 1.58. The molecule has 0 spiro atoms. The molecule has 5 nitrogen and oxygen atoms in total. The smallest absolute Gasteiger partial charge is 0.304 e. The molecule has 126 valence electrons. The maximum atomic E-state index is 12.4. The predicted molar refractivity (Wildman–Crippen MR) is 90.7 cm³/mol. The second-order valence-corrected chi connectivity index (χ2v) is 5.55. The van der Waals surface area contributed by atoms with Crippen molar-refractivity contribution in [3.8, 4) is 5.75 Å². The maximum Gasteiger partial charge on any atom is 0.304 e. The van der Waals surface area contributed by atoms with Gasteiger partial charge >= 0.3 is 5.97 Å². The van der Waals surface area contributed by atoms with Crippen LogP contribution < -0.4 is 10.1 Å². The minimum Gasteiger partial charge on any atom is -0.497 e. The molecule has 0 unspecified atom stereocenters. The van der Waals surface area contributed by atoms with E-state index >= 15 is 0 Å². The molecular weight excluding hydrogens is 306 g/mol. The second kappa shape index (κ2) is 8.72. The van der Waals surface area contributed by atoms with E-state index in [0.717, 1.165) is 16.9 Å². The number of ether oxygens (including phenoxy) is 1. The average molecular weight is 327 g/mol. The lowest BCUT2D eigenvalue weighted by atomic mass is 9.95. The number of carbonyl (C=O) groups is 2. The van der Waals surface area contributed by atoms with Crippen molar-refractivity contribution in [3.63, 3.8) is 0 Å². The summed E-state index contributed by atoms with van der Waals surface area (Å²) in [6.07, 6.45) is 0.170. The van der Waals surface area contributed by atoms with E-state index in [-0.39, 0.29) is 12.3 Å². The third-order valence-electron chi connectivity index (χ3n) is 3.74. The Balaban J connectivity index is 2.00. The van der Waals surface area contributed by atoms with E-state index in [1.54, 1.807) is 19.2 Å². The molecule has 2 rings (SSSR count). The minimum absolute atomic E-state index is 0.202. The van der Waals surface area contributed by atoms with Gasteiger partial charge in [0.05, 0.1) is 19.4 Å². The Kier molecular flexibility index (Phi) is 6.37. The number of carbonyl (C=O) groups excluding carboxylic acids is 1. The van der Waals surface area contributed by atoms with Gasteiger partial charge in [0.25, 0.3) is 0 Å². The van der Waals surface area contributed by atoms with Gasteiger partial charge in [0, 0.05) is 6.54 Å². The van der Waals surface area contributed by atoms with Crippen molar-refractivity contribution in [1.29, 1.82) is 0 Å². The van der Waals surface area contributed by atoms with Crippen molar-refractivity contribution in [2.24, 2.45) is 5.92 Å². The van der Waals surface area contributed by atoms with Crippen LogP contribution in [0.4, 0.5) is 0 Å². The van der Waals surface area contributed by atoms with Crippen molar-refractivity contribution >= 4 is 11.9 Å². The fraction of sp³-hybridized carbons (Fsp3) is 0.263. The lowest BCUT2D eigenvalue weighted by molar-refractivity contribution is -0.141. The van der Waals surface area contributed by atoms with Gasteiger partial charge in [0.1, 0.15) is 5.75 Å². The number of benzene rings is 2. The summed E-state index contributed by atoms with van der Waals surface area (Å²) in [6.45, 7) is 0.387. The van der Waals surface area contributed by atoms with E-state index < -0.39 is 11.9 Å². The molecule has 0 aliphatic rings. The summed E-state index contributed by atoms with van der Waals surface area (Å²) in [6, 6.07) is 16.8. The molecule has 1 amide bonds. The number of hydrogen-bond donors (Lipinski definition) is 2. The first-order valence-corrected chi connectivity index (χ1v) is 7.75. The molecule has 0 radical (unpaired) electrons. The Morgan fingerprint density at radius 1 is 1.04 bits per heavy atom. The molecule has 2 aromatic rings. The Morgan fingerprint density at radius 2 is 1.71 bits per heavy atom. The van der Waals surface area contributed by atoms with Crippen LogP contribution in [0.5, 0.6) is 5.75 Å². The van der Waals surface area contributed by atoms with Gasteiger partial charge in [0.15, 0.2) is 0 Å². The largest absolute Gasteiger partial charge is 0.497 e. The highest BCUT2D eigenvalue weighted by atomic mass is 16.5. The average Bonchev–Trinajstić information content (AvgIpc) is 2.60. The number of methoxy groups -OCH3 is 1. The summed E-state index contributed by atoms with van der Waals surface area (Å²) in [5, 5.41) is 11.9. The van der Waals surface area contributed by atoms with Crippen LogP contribution in [0.15, 0.2) is 54.6 Å². The third kappa shape index (κ3) is 5.43. The van der Waals surface area contributed by atoms with E-state index in [0.29, 0.717) is 13.0 Å². The molecule has 0 saturated heterocycles. The van der Waals surface area contributed by atoms with Crippen LogP contribution in [-0.4, -0.2) is 24.1 Å². The highest BCUT2D eigenvalue weighted by Crippen LogP contribution is 2.17. The number of carboxylic acid groups (broad SMARTS) is 1. The molecule has 2 aromatic carbocycles. The van der Waals surface area contributed by atoms with E-state index in [9.17, 15) is 9.59 Å². The molecule has 0 fully saturated rings. The maximum absolute atomic E-state index is 12.4. The summed E-state index contributed by atoms with van der Waals surface area (Å²) < 4.78 is 5.10. The number of nitrogens with one attached hydrogen (secondary N) is 1. The van der Waals surface area contributed by atoms with Crippen molar-refractivity contribution in [1.82, 2.24) is 5.32 Å². The first-order chi connectivity index (χ1) is 11.6. The van der Waals surface area contributed by atoms with Crippen LogP contribution in [0.25, 0.3) is 0 Å². The highest BCUT2D eigenvalue weighted by Gasteiger charge is 2.22. The Bertz CT molecular complexity index is 668. The molecular formula is C19H21NO4. The zero-order chi connectivity index (χ0) is 17.4. The summed E-state index contributed by atoms with van der Waals surface area (Å²) in [5.41, 5.74) is 1.88. The SMILES string of the molecule is COc1ccc(C[C@H](CC(=O)O)C(=O)NCc2ccccc2)cc1. The van der Waals surface area contributed by atoms with Crippen LogP contribution in [0.2, 0.25) is 0 Å². The van der Waals surface area contributed by atoms with Crippen LogP contribution in [0, 0.1) is 5.92 Å². The topological polar surface area (TPSA) is 75.6 Å². The Hall–Kier alpha value is -2.82. The summed E-state index contributed by atoms with van der Waals surface area (Å²) in [4.78, 5) is 23.5. The standard InChI is InChI=1S/C19H21NO4/c1-24-17-9-7-14(8-10-17)11-16(12-18(21)22)19(23)20-13-15-5-3-2-4-6-15/h2-10,16H,11-13H2,1H3,(H,20,23)(H,21,22)/t16-/m1/s1.